The molecule has 0 radical (unpaired) electrons. The number of nitrogens with zero attached hydrogens (tertiary/aromatic N) is 1. The van der Waals surface area contributed by atoms with E-state index in [2.05, 4.69) is 6.07 Å². The highest BCUT2D eigenvalue weighted by molar-refractivity contribution is 5.82. The molecule has 0 amide bonds. The van der Waals surface area contributed by atoms with Crippen LogP contribution in [-0.2, 0) is 4.79 Å². The van der Waals surface area contributed by atoms with Gasteiger partial charge in [0.2, 0.25) is 0 Å². The van der Waals surface area contributed by atoms with Crippen molar-refractivity contribution in [2.75, 3.05) is 0 Å². The molecule has 0 aromatic heterocycles. The Bertz CT molecular complexity index is 407. The van der Waals surface area contributed by atoms with Crippen LogP contribution < -0.4 is 0 Å². The van der Waals surface area contributed by atoms with Crippen molar-refractivity contribution in [3.8, 4) is 6.07 Å². The van der Waals surface area contributed by atoms with E-state index in [0.29, 0.717) is 5.56 Å². The number of hydrogen-bond donors (Lipinski definition) is 0. The lowest BCUT2D eigenvalue weighted by molar-refractivity contribution is -0.105. The molecule has 2 nitrogen and oxygen atoms in total. The predicted octanol–water partition coefficient (Wildman–Crippen LogP) is 2.80. The van der Waals surface area contributed by atoms with Crippen LogP contribution in [0.15, 0.2) is 29.8 Å². The van der Waals surface area contributed by atoms with Gasteiger partial charge in [-0.25, -0.2) is 0 Å². The summed E-state index contributed by atoms with van der Waals surface area (Å²) >= 11 is 0. The average Bonchev–Trinajstić information content (AvgIpc) is 2.26. The first-order chi connectivity index (χ1) is 7.17. The van der Waals surface area contributed by atoms with E-state index in [-0.39, 0.29) is 5.92 Å². The van der Waals surface area contributed by atoms with Crippen LogP contribution in [0.4, 0.5) is 0 Å². The second-order valence-electron chi connectivity index (χ2n) is 3.65. The number of rotatable bonds is 3. The Balaban J connectivity index is 2.98. The Morgan fingerprint density at radius 1 is 1.33 bits per heavy atom. The van der Waals surface area contributed by atoms with Crippen molar-refractivity contribution in [2.45, 2.75) is 13.8 Å². The van der Waals surface area contributed by atoms with Crippen LogP contribution in [0.5, 0.6) is 0 Å². The van der Waals surface area contributed by atoms with Gasteiger partial charge in [-0.15, -0.1) is 0 Å². The number of benzene rings is 1. The molecule has 0 bridgehead atoms. The zero-order valence-electron chi connectivity index (χ0n) is 8.90. The lowest BCUT2D eigenvalue weighted by Gasteiger charge is -2.03. The summed E-state index contributed by atoms with van der Waals surface area (Å²) in [5.74, 6) is 0.221. The minimum atomic E-state index is 0.221. The number of hydrogen-bond acceptors (Lipinski definition) is 2. The van der Waals surface area contributed by atoms with Gasteiger partial charge in [-0.05, 0) is 35.3 Å². The molecular formula is C13H13NO. The highest BCUT2D eigenvalue weighted by Crippen LogP contribution is 2.13. The predicted molar refractivity (Wildman–Crippen MR) is 60.0 cm³/mol. The summed E-state index contributed by atoms with van der Waals surface area (Å²) in [5.41, 5.74) is 2.34. The quantitative estimate of drug-likeness (QED) is 0.554. The number of aldehydes is 1. The fourth-order valence-electron chi connectivity index (χ4n) is 1.18. The smallest absolute Gasteiger partial charge is 0.146 e. The van der Waals surface area contributed by atoms with E-state index in [4.69, 9.17) is 5.26 Å². The van der Waals surface area contributed by atoms with Gasteiger partial charge in [0.1, 0.15) is 6.29 Å². The minimum Gasteiger partial charge on any atom is -0.298 e. The van der Waals surface area contributed by atoms with Gasteiger partial charge in [0.05, 0.1) is 11.6 Å². The van der Waals surface area contributed by atoms with E-state index < -0.39 is 0 Å². The van der Waals surface area contributed by atoms with Crippen molar-refractivity contribution >= 4 is 12.4 Å². The van der Waals surface area contributed by atoms with Crippen LogP contribution in [0.1, 0.15) is 25.0 Å². The fraction of sp³-hybridized carbons (Fsp3) is 0.231. The first-order valence-electron chi connectivity index (χ1n) is 4.84. The first kappa shape index (κ1) is 11.2. The highest BCUT2D eigenvalue weighted by atomic mass is 16.1. The Labute approximate surface area is 89.9 Å². The van der Waals surface area contributed by atoms with Crippen LogP contribution in [0.2, 0.25) is 0 Å². The molecule has 0 atom stereocenters. The van der Waals surface area contributed by atoms with Crippen LogP contribution in [0.25, 0.3) is 6.08 Å². The Morgan fingerprint density at radius 2 is 1.93 bits per heavy atom. The van der Waals surface area contributed by atoms with Gasteiger partial charge in [0.25, 0.3) is 0 Å². The molecule has 0 fully saturated rings. The van der Waals surface area contributed by atoms with Crippen molar-refractivity contribution in [2.24, 2.45) is 5.92 Å². The number of nitriles is 1. The van der Waals surface area contributed by atoms with Crippen molar-refractivity contribution in [3.05, 3.63) is 41.0 Å². The van der Waals surface area contributed by atoms with Crippen molar-refractivity contribution in [3.63, 3.8) is 0 Å². The Morgan fingerprint density at radius 3 is 2.33 bits per heavy atom. The molecule has 0 saturated heterocycles. The van der Waals surface area contributed by atoms with Crippen molar-refractivity contribution in [1.82, 2.24) is 0 Å². The molecule has 0 saturated carbocycles. The molecule has 0 N–H and O–H groups in total. The summed E-state index contributed by atoms with van der Waals surface area (Å²) in [5, 5.41) is 8.62. The van der Waals surface area contributed by atoms with Crippen LogP contribution in [0, 0.1) is 17.2 Å². The van der Waals surface area contributed by atoms with Gasteiger partial charge in [-0.1, -0.05) is 26.0 Å². The van der Waals surface area contributed by atoms with Crippen LogP contribution >= 0.6 is 0 Å². The number of carbonyl (C=O) groups is 1. The molecule has 0 aliphatic rings. The lowest BCUT2D eigenvalue weighted by Crippen LogP contribution is -1.94. The SMILES string of the molecule is CC(C)C(C=O)=Cc1ccc(C#N)cc1. The molecule has 0 unspecified atom stereocenters. The van der Waals surface area contributed by atoms with E-state index in [1.54, 1.807) is 12.1 Å². The van der Waals surface area contributed by atoms with Gasteiger partial charge >= 0.3 is 0 Å². The number of carbonyl (C=O) groups excluding carboxylic acids is 1. The minimum absolute atomic E-state index is 0.221. The summed E-state index contributed by atoms with van der Waals surface area (Å²) in [6.07, 6.45) is 2.72. The van der Waals surface area contributed by atoms with Gasteiger partial charge in [-0.2, -0.15) is 5.26 Å². The van der Waals surface area contributed by atoms with Gasteiger partial charge in [0, 0.05) is 0 Å². The highest BCUT2D eigenvalue weighted by Gasteiger charge is 2.01. The Kier molecular flexibility index (Phi) is 3.82. The van der Waals surface area contributed by atoms with Gasteiger partial charge in [-0.3, -0.25) is 4.79 Å². The van der Waals surface area contributed by atoms with Crippen LogP contribution in [-0.4, -0.2) is 6.29 Å². The van der Waals surface area contributed by atoms with E-state index in [0.717, 1.165) is 17.4 Å². The van der Waals surface area contributed by atoms with E-state index in [1.165, 1.54) is 0 Å². The second-order valence-corrected chi connectivity index (χ2v) is 3.65. The maximum atomic E-state index is 10.8. The van der Waals surface area contributed by atoms with E-state index >= 15 is 0 Å². The summed E-state index contributed by atoms with van der Waals surface area (Å²) in [6, 6.07) is 9.22. The number of allylic oxidation sites excluding steroid dienone is 1. The second kappa shape index (κ2) is 5.11. The largest absolute Gasteiger partial charge is 0.298 e. The van der Waals surface area contributed by atoms with E-state index in [1.807, 2.05) is 32.1 Å². The third kappa shape index (κ3) is 3.07. The maximum Gasteiger partial charge on any atom is 0.146 e. The van der Waals surface area contributed by atoms with Crippen molar-refractivity contribution in [1.29, 1.82) is 5.26 Å². The summed E-state index contributed by atoms with van der Waals surface area (Å²) in [7, 11) is 0. The average molecular weight is 199 g/mol. The molecule has 15 heavy (non-hydrogen) atoms. The first-order valence-corrected chi connectivity index (χ1v) is 4.84. The van der Waals surface area contributed by atoms with Gasteiger partial charge < -0.3 is 0 Å². The molecule has 1 aromatic rings. The zero-order valence-corrected chi connectivity index (χ0v) is 8.90. The third-order valence-corrected chi connectivity index (χ3v) is 2.18. The van der Waals surface area contributed by atoms with E-state index in [9.17, 15) is 4.79 Å². The van der Waals surface area contributed by atoms with Crippen molar-refractivity contribution < 1.29 is 4.79 Å². The molecule has 0 heterocycles. The summed E-state index contributed by atoms with van der Waals surface area (Å²) in [4.78, 5) is 10.8. The molecule has 0 aliphatic carbocycles. The topological polar surface area (TPSA) is 40.9 Å². The Hall–Kier alpha value is -1.88. The standard InChI is InChI=1S/C13H13NO/c1-10(2)13(9-15)7-11-3-5-12(8-14)6-4-11/h3-7,9-10H,1-2H3. The molecule has 0 spiro atoms. The third-order valence-electron chi connectivity index (χ3n) is 2.18. The lowest BCUT2D eigenvalue weighted by atomic mass is 10.0. The van der Waals surface area contributed by atoms with Crippen LogP contribution in [0.3, 0.4) is 0 Å². The summed E-state index contributed by atoms with van der Waals surface area (Å²) < 4.78 is 0. The molecule has 76 valence electrons. The maximum absolute atomic E-state index is 10.8. The fourth-order valence-corrected chi connectivity index (χ4v) is 1.18. The molecule has 2 heteroatoms. The monoisotopic (exact) mass is 199 g/mol. The molecular weight excluding hydrogens is 186 g/mol. The molecule has 0 aliphatic heterocycles. The molecule has 1 aromatic carbocycles. The molecule has 1 rings (SSSR count). The summed E-state index contributed by atoms with van der Waals surface area (Å²) in [6.45, 7) is 3.95. The zero-order chi connectivity index (χ0) is 11.3. The van der Waals surface area contributed by atoms with Gasteiger partial charge in [0.15, 0.2) is 0 Å². The normalized spacial score (nSPS) is 11.2.